The smallest absolute Gasteiger partial charge is 0.317 e. The van der Waals surface area contributed by atoms with Crippen molar-refractivity contribution in [3.8, 4) is 12.3 Å². The molecule has 0 unspecified atom stereocenters. The van der Waals surface area contributed by atoms with Crippen LogP contribution in [0.3, 0.4) is 0 Å². The van der Waals surface area contributed by atoms with Crippen LogP contribution >= 0.6 is 0 Å². The molecule has 74 valence electrons. The summed E-state index contributed by atoms with van der Waals surface area (Å²) in [5.74, 6) is 1.52. The Bertz CT molecular complexity index is 186. The van der Waals surface area contributed by atoms with Gasteiger partial charge in [-0.1, -0.05) is 5.92 Å². The number of aliphatic hydroxyl groups excluding tert-OH is 1. The summed E-state index contributed by atoms with van der Waals surface area (Å²) in [7, 11) is 0. The Labute approximate surface area is 78.2 Å². The maximum absolute atomic E-state index is 10.4. The number of aliphatic hydroxyl groups is 1. The molecule has 0 aromatic heterocycles. The average molecular weight is 185 g/mol. The molecule has 0 aromatic carbocycles. The van der Waals surface area contributed by atoms with E-state index in [9.17, 15) is 4.79 Å². The van der Waals surface area contributed by atoms with Gasteiger partial charge in [-0.3, -0.25) is 9.69 Å². The largest absolute Gasteiger partial charge is 0.480 e. The van der Waals surface area contributed by atoms with Crippen LogP contribution in [0, 0.1) is 12.3 Å². The molecule has 0 atom stereocenters. The van der Waals surface area contributed by atoms with Crippen molar-refractivity contribution in [2.24, 2.45) is 0 Å². The number of terminal acetylenes is 1. The summed E-state index contributed by atoms with van der Waals surface area (Å²) in [5, 5.41) is 17.0. The van der Waals surface area contributed by atoms with Crippen LogP contribution in [-0.2, 0) is 4.79 Å². The van der Waals surface area contributed by atoms with Gasteiger partial charge in [0.05, 0.1) is 13.1 Å². The molecule has 0 aliphatic rings. The molecule has 0 saturated heterocycles. The fourth-order valence-corrected chi connectivity index (χ4v) is 0.982. The maximum atomic E-state index is 10.4. The highest BCUT2D eigenvalue weighted by Crippen LogP contribution is 1.94. The first-order chi connectivity index (χ1) is 6.20. The number of carbonyl (C=O) groups is 1. The van der Waals surface area contributed by atoms with Crippen LogP contribution in [-0.4, -0.2) is 47.3 Å². The highest BCUT2D eigenvalue weighted by Gasteiger charge is 2.06. The minimum Gasteiger partial charge on any atom is -0.480 e. The number of hydrogen-bond donors (Lipinski definition) is 2. The third-order valence-electron chi connectivity index (χ3n) is 1.56. The van der Waals surface area contributed by atoms with Gasteiger partial charge in [-0.05, 0) is 19.4 Å². The Morgan fingerprint density at radius 3 is 2.62 bits per heavy atom. The van der Waals surface area contributed by atoms with Gasteiger partial charge in [0.1, 0.15) is 0 Å². The molecule has 4 nitrogen and oxygen atoms in total. The molecule has 0 aliphatic carbocycles. The van der Waals surface area contributed by atoms with Gasteiger partial charge in [0, 0.05) is 6.61 Å². The SMILES string of the molecule is C#CCN(CCCCO)CC(=O)O. The van der Waals surface area contributed by atoms with E-state index in [2.05, 4.69) is 5.92 Å². The number of unbranched alkanes of at least 4 members (excludes halogenated alkanes) is 1. The molecule has 0 saturated carbocycles. The van der Waals surface area contributed by atoms with Crippen molar-refractivity contribution < 1.29 is 15.0 Å². The van der Waals surface area contributed by atoms with Crippen LogP contribution in [0.1, 0.15) is 12.8 Å². The minimum atomic E-state index is -0.876. The van der Waals surface area contributed by atoms with Crippen molar-refractivity contribution in [1.29, 1.82) is 0 Å². The standard InChI is InChI=1S/C9H15NO3/c1-2-5-10(8-9(12)13)6-3-4-7-11/h1,11H,3-8H2,(H,12,13). The zero-order chi connectivity index (χ0) is 10.1. The Morgan fingerprint density at radius 1 is 1.46 bits per heavy atom. The van der Waals surface area contributed by atoms with E-state index in [4.69, 9.17) is 16.6 Å². The summed E-state index contributed by atoms with van der Waals surface area (Å²) in [6.45, 7) is 1.07. The lowest BCUT2D eigenvalue weighted by molar-refractivity contribution is -0.138. The summed E-state index contributed by atoms with van der Waals surface area (Å²) >= 11 is 0. The highest BCUT2D eigenvalue weighted by atomic mass is 16.4. The van der Waals surface area contributed by atoms with Crippen LogP contribution < -0.4 is 0 Å². The third kappa shape index (κ3) is 7.32. The first-order valence-corrected chi connectivity index (χ1v) is 4.19. The van der Waals surface area contributed by atoms with Crippen molar-refractivity contribution in [2.75, 3.05) is 26.2 Å². The van der Waals surface area contributed by atoms with E-state index in [1.54, 1.807) is 4.90 Å². The molecule has 0 bridgehead atoms. The molecule has 0 spiro atoms. The molecule has 0 aliphatic heterocycles. The second-order valence-electron chi connectivity index (χ2n) is 2.74. The first kappa shape index (κ1) is 11.9. The van der Waals surface area contributed by atoms with Crippen molar-refractivity contribution in [3.63, 3.8) is 0 Å². The van der Waals surface area contributed by atoms with E-state index >= 15 is 0 Å². The third-order valence-corrected chi connectivity index (χ3v) is 1.56. The van der Waals surface area contributed by atoms with E-state index in [1.165, 1.54) is 0 Å². The lowest BCUT2D eigenvalue weighted by atomic mass is 10.3. The molecule has 4 heteroatoms. The van der Waals surface area contributed by atoms with Gasteiger partial charge in [-0.25, -0.2) is 0 Å². The molecule has 2 N–H and O–H groups in total. The summed E-state index contributed by atoms with van der Waals surface area (Å²) < 4.78 is 0. The van der Waals surface area contributed by atoms with Gasteiger partial charge >= 0.3 is 5.97 Å². The summed E-state index contributed by atoms with van der Waals surface area (Å²) in [5.41, 5.74) is 0. The predicted molar refractivity (Wildman–Crippen MR) is 49.2 cm³/mol. The zero-order valence-electron chi connectivity index (χ0n) is 7.57. The topological polar surface area (TPSA) is 60.8 Å². The number of carboxylic acids is 1. The molecule has 13 heavy (non-hydrogen) atoms. The molecular weight excluding hydrogens is 170 g/mol. The van der Waals surface area contributed by atoms with E-state index in [1.807, 2.05) is 0 Å². The molecular formula is C9H15NO3. The van der Waals surface area contributed by atoms with E-state index in [0.717, 1.165) is 6.42 Å². The molecule has 0 amide bonds. The summed E-state index contributed by atoms with van der Waals surface area (Å²) in [6, 6.07) is 0. The van der Waals surface area contributed by atoms with Gasteiger partial charge in [0.25, 0.3) is 0 Å². The first-order valence-electron chi connectivity index (χ1n) is 4.19. The van der Waals surface area contributed by atoms with Gasteiger partial charge < -0.3 is 10.2 Å². The normalized spacial score (nSPS) is 9.92. The minimum absolute atomic E-state index is 0.0321. The Balaban J connectivity index is 3.68. The van der Waals surface area contributed by atoms with Crippen molar-refractivity contribution in [2.45, 2.75) is 12.8 Å². The second kappa shape index (κ2) is 7.59. The van der Waals surface area contributed by atoms with Gasteiger partial charge in [0.15, 0.2) is 0 Å². The molecule has 0 radical (unpaired) electrons. The fraction of sp³-hybridized carbons (Fsp3) is 0.667. The fourth-order valence-electron chi connectivity index (χ4n) is 0.982. The lowest BCUT2D eigenvalue weighted by Gasteiger charge is -2.16. The monoisotopic (exact) mass is 185 g/mol. The summed E-state index contributed by atoms with van der Waals surface area (Å²) in [6.07, 6.45) is 6.53. The average Bonchev–Trinajstić information content (AvgIpc) is 2.04. The molecule has 0 aromatic rings. The van der Waals surface area contributed by atoms with E-state index < -0.39 is 5.97 Å². The van der Waals surface area contributed by atoms with Crippen LogP contribution in [0.2, 0.25) is 0 Å². The number of aliphatic carboxylic acids is 1. The number of rotatable bonds is 7. The van der Waals surface area contributed by atoms with Crippen LogP contribution in [0.25, 0.3) is 0 Å². The molecule has 0 heterocycles. The number of nitrogens with zero attached hydrogens (tertiary/aromatic N) is 1. The van der Waals surface area contributed by atoms with Crippen molar-refractivity contribution in [1.82, 2.24) is 4.90 Å². The molecule has 0 rings (SSSR count). The zero-order valence-corrected chi connectivity index (χ0v) is 7.57. The Kier molecular flexibility index (Phi) is 6.98. The predicted octanol–water partition coefficient (Wildman–Crippen LogP) is -0.221. The van der Waals surface area contributed by atoms with Gasteiger partial charge in [-0.15, -0.1) is 6.42 Å². The molecule has 0 fully saturated rings. The second-order valence-corrected chi connectivity index (χ2v) is 2.74. The highest BCUT2D eigenvalue weighted by molar-refractivity contribution is 5.69. The van der Waals surface area contributed by atoms with E-state index in [-0.39, 0.29) is 13.2 Å². The number of carboxylic acid groups (broad SMARTS) is 1. The van der Waals surface area contributed by atoms with Crippen LogP contribution in [0.5, 0.6) is 0 Å². The van der Waals surface area contributed by atoms with Crippen LogP contribution in [0.4, 0.5) is 0 Å². The van der Waals surface area contributed by atoms with E-state index in [0.29, 0.717) is 19.5 Å². The van der Waals surface area contributed by atoms with Crippen molar-refractivity contribution in [3.05, 3.63) is 0 Å². The Morgan fingerprint density at radius 2 is 2.15 bits per heavy atom. The van der Waals surface area contributed by atoms with Crippen molar-refractivity contribution >= 4 is 5.97 Å². The van der Waals surface area contributed by atoms with Gasteiger partial charge in [0.2, 0.25) is 0 Å². The Hall–Kier alpha value is -1.05. The maximum Gasteiger partial charge on any atom is 0.317 e. The summed E-state index contributed by atoms with van der Waals surface area (Å²) in [4.78, 5) is 12.0. The van der Waals surface area contributed by atoms with Gasteiger partial charge in [-0.2, -0.15) is 0 Å². The number of hydrogen-bond acceptors (Lipinski definition) is 3. The lowest BCUT2D eigenvalue weighted by Crippen LogP contribution is -2.31. The van der Waals surface area contributed by atoms with Crippen LogP contribution in [0.15, 0.2) is 0 Å². The quantitative estimate of drug-likeness (QED) is 0.425.